The predicted octanol–water partition coefficient (Wildman–Crippen LogP) is 4.61. The van der Waals surface area contributed by atoms with Crippen molar-refractivity contribution in [3.63, 3.8) is 0 Å². The Morgan fingerprint density at radius 1 is 0.848 bits per heavy atom. The molecule has 0 aliphatic carbocycles. The number of methoxy groups -OCH3 is 1. The molecule has 4 aromatic carbocycles. The third kappa shape index (κ3) is 8.71. The molecule has 1 heterocycles. The van der Waals surface area contributed by atoms with Gasteiger partial charge in [-0.05, 0) is 47.7 Å². The van der Waals surface area contributed by atoms with Crippen LogP contribution in [0.3, 0.4) is 0 Å². The van der Waals surface area contributed by atoms with E-state index in [0.717, 1.165) is 22.4 Å². The minimum Gasteiger partial charge on any atom is -0.453 e. The van der Waals surface area contributed by atoms with Crippen molar-refractivity contribution >= 4 is 29.3 Å². The molecule has 5 rings (SSSR count). The molecule has 1 unspecified atom stereocenters. The van der Waals surface area contributed by atoms with Gasteiger partial charge in [0.15, 0.2) is 0 Å². The summed E-state index contributed by atoms with van der Waals surface area (Å²) in [4.78, 5) is 39.1. The van der Waals surface area contributed by atoms with Crippen molar-refractivity contribution in [2.24, 2.45) is 0 Å². The van der Waals surface area contributed by atoms with Crippen LogP contribution >= 0.6 is 0 Å². The second kappa shape index (κ2) is 16.2. The summed E-state index contributed by atoms with van der Waals surface area (Å²) in [5.41, 5.74) is 9.75. The first-order chi connectivity index (χ1) is 22.5. The van der Waals surface area contributed by atoms with Gasteiger partial charge in [-0.1, -0.05) is 97.1 Å². The smallest absolute Gasteiger partial charge is 0.407 e. The number of ether oxygens (including phenoxy) is 2. The molecule has 0 saturated carbocycles. The van der Waals surface area contributed by atoms with Crippen molar-refractivity contribution in [3.8, 4) is 0 Å². The molecule has 1 saturated heterocycles. The molecule has 5 N–H and O–H groups in total. The number of alkyl carbamates (subject to hydrolysis) is 1. The highest BCUT2D eigenvalue weighted by Crippen LogP contribution is 2.30. The lowest BCUT2D eigenvalue weighted by atomic mass is 9.84. The highest BCUT2D eigenvalue weighted by Gasteiger charge is 2.33. The van der Waals surface area contributed by atoms with Gasteiger partial charge in [0.25, 0.3) is 5.91 Å². The molecule has 1 aliphatic heterocycles. The van der Waals surface area contributed by atoms with Crippen LogP contribution in [0, 0.1) is 0 Å². The number of nitrogens with one attached hydrogen (secondary N) is 5. The summed E-state index contributed by atoms with van der Waals surface area (Å²) in [5, 5.41) is 9.12. The van der Waals surface area contributed by atoms with E-state index in [0.29, 0.717) is 25.1 Å². The van der Waals surface area contributed by atoms with Gasteiger partial charge in [-0.15, -0.1) is 0 Å². The number of hydrazine groups is 1. The van der Waals surface area contributed by atoms with Crippen molar-refractivity contribution in [1.29, 1.82) is 0 Å². The summed E-state index contributed by atoms with van der Waals surface area (Å²) < 4.78 is 10.9. The summed E-state index contributed by atoms with van der Waals surface area (Å²) in [7, 11) is 1.28. The number of hydrogen-bond donors (Lipinski definition) is 5. The van der Waals surface area contributed by atoms with Crippen molar-refractivity contribution in [1.82, 2.24) is 16.1 Å². The van der Waals surface area contributed by atoms with E-state index in [2.05, 4.69) is 26.8 Å². The summed E-state index contributed by atoms with van der Waals surface area (Å²) in [6.45, 7) is 0.755. The average Bonchev–Trinajstić information content (AvgIpc) is 3.11. The Kier molecular flexibility index (Phi) is 11.4. The summed E-state index contributed by atoms with van der Waals surface area (Å²) in [6, 6.07) is 34.8. The summed E-state index contributed by atoms with van der Waals surface area (Å²) >= 11 is 0. The number of carbonyl (C=O) groups excluding carboxylic acids is 3. The zero-order valence-corrected chi connectivity index (χ0v) is 25.6. The zero-order valence-electron chi connectivity index (χ0n) is 25.6. The molecule has 0 bridgehead atoms. The molecule has 10 nitrogen and oxygen atoms in total. The van der Waals surface area contributed by atoms with E-state index in [1.807, 2.05) is 115 Å². The molecular formula is C36H39N5O5. The number of aryl methyl sites for hydroxylation is 1. The molecule has 3 amide bonds. The van der Waals surface area contributed by atoms with Crippen LogP contribution in [0.5, 0.6) is 0 Å². The third-order valence-electron chi connectivity index (χ3n) is 7.91. The van der Waals surface area contributed by atoms with Gasteiger partial charge in [0, 0.05) is 18.2 Å². The molecule has 3 atom stereocenters. The Morgan fingerprint density at radius 2 is 1.46 bits per heavy atom. The highest BCUT2D eigenvalue weighted by molar-refractivity contribution is 5.98. The third-order valence-corrected chi connectivity index (χ3v) is 7.91. The fraction of sp³-hybridized carbons (Fsp3) is 0.250. The normalized spacial score (nSPS) is 16.6. The Hall–Kier alpha value is -5.19. The molecule has 10 heteroatoms. The fourth-order valence-electron chi connectivity index (χ4n) is 5.49. The standard InChI is InChI=1S/C36H39N5O5/c1-45-36(44)39-33(32(26-14-5-2-6-15-26)27-16-7-3-8-17-27)35(43)38-30-20-12-11-13-25(30)21-22-29-23-37-31(24-46-29)34(42)41-40-28-18-9-4-10-19-28/h2-20,29,31-33,37,40H,21-24H2,1H3,(H,38,43)(H,39,44)(H,41,42)/t29-,31+,33?/m1/s1. The van der Waals surface area contributed by atoms with Crippen LogP contribution in [-0.2, 0) is 25.5 Å². The van der Waals surface area contributed by atoms with Gasteiger partial charge >= 0.3 is 6.09 Å². The molecule has 1 aliphatic rings. The Morgan fingerprint density at radius 3 is 2.07 bits per heavy atom. The molecule has 0 spiro atoms. The largest absolute Gasteiger partial charge is 0.453 e. The van der Waals surface area contributed by atoms with Gasteiger partial charge in [0.2, 0.25) is 5.91 Å². The van der Waals surface area contributed by atoms with Crippen LogP contribution in [0.4, 0.5) is 16.2 Å². The number of para-hydroxylation sites is 2. The van der Waals surface area contributed by atoms with Gasteiger partial charge in [0.1, 0.15) is 12.1 Å². The predicted molar refractivity (Wildman–Crippen MR) is 177 cm³/mol. The van der Waals surface area contributed by atoms with Crippen molar-refractivity contribution in [3.05, 3.63) is 132 Å². The minimum atomic E-state index is -0.962. The minimum absolute atomic E-state index is 0.107. The quantitative estimate of drug-likeness (QED) is 0.146. The molecule has 46 heavy (non-hydrogen) atoms. The topological polar surface area (TPSA) is 130 Å². The number of hydrogen-bond acceptors (Lipinski definition) is 7. The molecule has 0 radical (unpaired) electrons. The van der Waals surface area contributed by atoms with E-state index in [-0.39, 0.29) is 24.5 Å². The van der Waals surface area contributed by atoms with E-state index in [9.17, 15) is 14.4 Å². The maximum Gasteiger partial charge on any atom is 0.407 e. The number of anilines is 2. The maximum absolute atomic E-state index is 14.0. The van der Waals surface area contributed by atoms with Crippen LogP contribution in [0.2, 0.25) is 0 Å². The van der Waals surface area contributed by atoms with Crippen LogP contribution in [0.25, 0.3) is 0 Å². The summed E-state index contributed by atoms with van der Waals surface area (Å²) in [5.74, 6) is -1.04. The molecule has 4 aromatic rings. The second-order valence-electron chi connectivity index (χ2n) is 11.0. The van der Waals surface area contributed by atoms with Crippen molar-refractivity contribution < 1.29 is 23.9 Å². The number of amides is 3. The van der Waals surface area contributed by atoms with Gasteiger partial charge < -0.3 is 25.4 Å². The van der Waals surface area contributed by atoms with Crippen LogP contribution in [0.15, 0.2) is 115 Å². The summed E-state index contributed by atoms with van der Waals surface area (Å²) in [6.07, 6.45) is 0.501. The molecule has 1 fully saturated rings. The van der Waals surface area contributed by atoms with Gasteiger partial charge in [-0.25, -0.2) is 4.79 Å². The second-order valence-corrected chi connectivity index (χ2v) is 11.0. The van der Waals surface area contributed by atoms with E-state index < -0.39 is 24.1 Å². The van der Waals surface area contributed by atoms with E-state index in [4.69, 9.17) is 9.47 Å². The first kappa shape index (κ1) is 32.2. The Balaban J connectivity index is 1.22. The van der Waals surface area contributed by atoms with E-state index >= 15 is 0 Å². The molecular weight excluding hydrogens is 582 g/mol. The fourth-order valence-corrected chi connectivity index (χ4v) is 5.49. The monoisotopic (exact) mass is 621 g/mol. The van der Waals surface area contributed by atoms with Crippen LogP contribution in [0.1, 0.15) is 29.0 Å². The number of rotatable bonds is 12. The van der Waals surface area contributed by atoms with Crippen LogP contribution in [-0.4, -0.2) is 56.4 Å². The lowest BCUT2D eigenvalue weighted by molar-refractivity contribution is -0.127. The number of morpholine rings is 1. The SMILES string of the molecule is COC(=O)NC(C(=O)Nc1ccccc1CC[C@@H]1CN[C@H](C(=O)NNc2ccccc2)CO1)C(c1ccccc1)c1ccccc1. The van der Waals surface area contributed by atoms with Crippen molar-refractivity contribution in [2.45, 2.75) is 36.9 Å². The van der Waals surface area contributed by atoms with Crippen molar-refractivity contribution in [2.75, 3.05) is 31.0 Å². The van der Waals surface area contributed by atoms with Gasteiger partial charge in [-0.3, -0.25) is 20.4 Å². The Labute approximate surface area is 268 Å². The van der Waals surface area contributed by atoms with E-state index in [1.54, 1.807) is 0 Å². The first-order valence-corrected chi connectivity index (χ1v) is 15.3. The first-order valence-electron chi connectivity index (χ1n) is 15.3. The zero-order chi connectivity index (χ0) is 32.1. The van der Waals surface area contributed by atoms with Gasteiger partial charge in [-0.2, -0.15) is 0 Å². The van der Waals surface area contributed by atoms with Crippen LogP contribution < -0.4 is 26.8 Å². The molecule has 0 aromatic heterocycles. The average molecular weight is 622 g/mol. The number of carbonyl (C=O) groups is 3. The highest BCUT2D eigenvalue weighted by atomic mass is 16.5. The van der Waals surface area contributed by atoms with Gasteiger partial charge in [0.05, 0.1) is 25.5 Å². The lowest BCUT2D eigenvalue weighted by Gasteiger charge is -2.30. The lowest BCUT2D eigenvalue weighted by Crippen LogP contribution is -2.55. The number of benzene rings is 4. The molecule has 238 valence electrons. The van der Waals surface area contributed by atoms with E-state index in [1.165, 1.54) is 7.11 Å². The maximum atomic E-state index is 14.0. The Bertz CT molecular complexity index is 1520.